The molecule has 0 aliphatic rings. The molecule has 1 N–H and O–H groups in total. The van der Waals surface area contributed by atoms with E-state index >= 15 is 0 Å². The van der Waals surface area contributed by atoms with E-state index in [0.717, 1.165) is 22.8 Å². The summed E-state index contributed by atoms with van der Waals surface area (Å²) in [4.78, 5) is 12.4. The van der Waals surface area contributed by atoms with Crippen molar-refractivity contribution in [3.05, 3.63) is 66.0 Å². The SMILES string of the molecule is CCOc1ccc(NC(=O)CSc2nnc(Cc3ccccc3)n2CCOC)cc1. The Hall–Kier alpha value is -2.84. The molecule has 0 saturated carbocycles. The van der Waals surface area contributed by atoms with E-state index in [1.54, 1.807) is 7.11 Å². The second kappa shape index (κ2) is 11.4. The van der Waals surface area contributed by atoms with Gasteiger partial charge in [0, 0.05) is 25.8 Å². The van der Waals surface area contributed by atoms with Gasteiger partial charge in [0.25, 0.3) is 0 Å². The lowest BCUT2D eigenvalue weighted by Crippen LogP contribution is -2.15. The minimum atomic E-state index is -0.102. The number of benzene rings is 2. The number of aromatic nitrogens is 3. The molecule has 0 fully saturated rings. The van der Waals surface area contributed by atoms with Crippen molar-refractivity contribution in [2.45, 2.75) is 25.0 Å². The monoisotopic (exact) mass is 426 g/mol. The third-order valence-corrected chi connectivity index (χ3v) is 5.27. The lowest BCUT2D eigenvalue weighted by molar-refractivity contribution is -0.113. The van der Waals surface area contributed by atoms with Gasteiger partial charge in [-0.15, -0.1) is 10.2 Å². The topological polar surface area (TPSA) is 78.3 Å². The average Bonchev–Trinajstić information content (AvgIpc) is 3.14. The summed E-state index contributed by atoms with van der Waals surface area (Å²) in [6.45, 7) is 3.72. The van der Waals surface area contributed by atoms with Gasteiger partial charge in [0.15, 0.2) is 5.16 Å². The van der Waals surface area contributed by atoms with Gasteiger partial charge < -0.3 is 19.4 Å². The van der Waals surface area contributed by atoms with E-state index in [-0.39, 0.29) is 11.7 Å². The van der Waals surface area contributed by atoms with Gasteiger partial charge in [-0.05, 0) is 36.8 Å². The zero-order valence-corrected chi connectivity index (χ0v) is 18.0. The summed E-state index contributed by atoms with van der Waals surface area (Å²) >= 11 is 1.36. The van der Waals surface area contributed by atoms with Crippen LogP contribution < -0.4 is 10.1 Å². The Kier molecular flexibility index (Phi) is 8.29. The predicted molar refractivity (Wildman–Crippen MR) is 118 cm³/mol. The molecule has 0 unspecified atom stereocenters. The summed E-state index contributed by atoms with van der Waals surface area (Å²) < 4.78 is 12.7. The van der Waals surface area contributed by atoms with E-state index in [0.29, 0.717) is 31.3 Å². The third kappa shape index (κ3) is 6.33. The van der Waals surface area contributed by atoms with Gasteiger partial charge in [-0.2, -0.15) is 0 Å². The number of nitrogens with zero attached hydrogens (tertiary/aromatic N) is 3. The fourth-order valence-corrected chi connectivity index (χ4v) is 3.65. The van der Waals surface area contributed by atoms with Gasteiger partial charge in [0.2, 0.25) is 5.91 Å². The number of hydrogen-bond donors (Lipinski definition) is 1. The summed E-state index contributed by atoms with van der Waals surface area (Å²) in [5.41, 5.74) is 1.89. The Bertz CT molecular complexity index is 929. The van der Waals surface area contributed by atoms with Gasteiger partial charge in [-0.3, -0.25) is 4.79 Å². The standard InChI is InChI=1S/C22H26N4O3S/c1-3-29-19-11-9-18(10-12-19)23-21(27)16-30-22-25-24-20(26(22)13-14-28-2)15-17-7-5-4-6-8-17/h4-12H,3,13-16H2,1-2H3,(H,23,27). The van der Waals surface area contributed by atoms with Crippen molar-refractivity contribution in [3.8, 4) is 5.75 Å². The minimum absolute atomic E-state index is 0.102. The van der Waals surface area contributed by atoms with Crippen LogP contribution in [0.25, 0.3) is 0 Å². The molecular weight excluding hydrogens is 400 g/mol. The van der Waals surface area contributed by atoms with Gasteiger partial charge in [-0.1, -0.05) is 42.1 Å². The highest BCUT2D eigenvalue weighted by Gasteiger charge is 2.15. The molecule has 3 rings (SSSR count). The normalized spacial score (nSPS) is 10.7. The molecule has 0 aliphatic heterocycles. The van der Waals surface area contributed by atoms with Gasteiger partial charge in [-0.25, -0.2) is 0 Å². The molecule has 1 aromatic heterocycles. The van der Waals surface area contributed by atoms with E-state index < -0.39 is 0 Å². The van der Waals surface area contributed by atoms with Gasteiger partial charge in [0.1, 0.15) is 11.6 Å². The fraction of sp³-hybridized carbons (Fsp3) is 0.318. The van der Waals surface area contributed by atoms with Crippen LogP contribution in [0.4, 0.5) is 5.69 Å². The van der Waals surface area contributed by atoms with Crippen molar-refractivity contribution >= 4 is 23.4 Å². The summed E-state index contributed by atoms with van der Waals surface area (Å²) in [5.74, 6) is 1.77. The number of ether oxygens (including phenoxy) is 2. The molecule has 0 saturated heterocycles. The van der Waals surface area contributed by atoms with Crippen LogP contribution in [-0.2, 0) is 22.5 Å². The van der Waals surface area contributed by atoms with Crippen LogP contribution in [0.15, 0.2) is 59.8 Å². The first-order valence-corrected chi connectivity index (χ1v) is 10.8. The summed E-state index contributed by atoms with van der Waals surface area (Å²) in [6.07, 6.45) is 0.677. The molecule has 0 spiro atoms. The number of methoxy groups -OCH3 is 1. The summed E-state index contributed by atoms with van der Waals surface area (Å²) in [7, 11) is 1.66. The smallest absolute Gasteiger partial charge is 0.234 e. The van der Waals surface area contributed by atoms with Crippen LogP contribution in [0.1, 0.15) is 18.3 Å². The zero-order chi connectivity index (χ0) is 21.2. The van der Waals surface area contributed by atoms with E-state index in [2.05, 4.69) is 27.6 Å². The molecule has 0 atom stereocenters. The largest absolute Gasteiger partial charge is 0.494 e. The maximum Gasteiger partial charge on any atom is 0.234 e. The molecule has 3 aromatic rings. The van der Waals surface area contributed by atoms with E-state index in [4.69, 9.17) is 9.47 Å². The lowest BCUT2D eigenvalue weighted by Gasteiger charge is -2.10. The van der Waals surface area contributed by atoms with Crippen LogP contribution in [0, 0.1) is 0 Å². The Morgan fingerprint density at radius 1 is 1.10 bits per heavy atom. The maximum absolute atomic E-state index is 12.4. The molecule has 1 amide bonds. The Labute approximate surface area is 180 Å². The molecule has 2 aromatic carbocycles. The second-order valence-corrected chi connectivity index (χ2v) is 7.44. The van der Waals surface area contributed by atoms with Gasteiger partial charge >= 0.3 is 0 Å². The number of rotatable bonds is 11. The van der Waals surface area contributed by atoms with Crippen LogP contribution in [0.2, 0.25) is 0 Å². The lowest BCUT2D eigenvalue weighted by atomic mass is 10.1. The zero-order valence-electron chi connectivity index (χ0n) is 17.2. The Morgan fingerprint density at radius 2 is 1.87 bits per heavy atom. The van der Waals surface area contributed by atoms with Crippen molar-refractivity contribution in [2.75, 3.05) is 31.4 Å². The first kappa shape index (κ1) is 21.9. The van der Waals surface area contributed by atoms with Crippen molar-refractivity contribution in [1.82, 2.24) is 14.8 Å². The van der Waals surface area contributed by atoms with Crippen molar-refractivity contribution in [3.63, 3.8) is 0 Å². The molecule has 0 aliphatic carbocycles. The maximum atomic E-state index is 12.4. The molecule has 8 heteroatoms. The second-order valence-electron chi connectivity index (χ2n) is 6.50. The first-order chi connectivity index (χ1) is 14.7. The molecule has 0 radical (unpaired) electrons. The number of carbonyl (C=O) groups is 1. The average molecular weight is 427 g/mol. The highest BCUT2D eigenvalue weighted by atomic mass is 32.2. The number of thioether (sulfide) groups is 1. The first-order valence-electron chi connectivity index (χ1n) is 9.80. The Morgan fingerprint density at radius 3 is 2.57 bits per heavy atom. The molecule has 30 heavy (non-hydrogen) atoms. The molecule has 7 nitrogen and oxygen atoms in total. The summed E-state index contributed by atoms with van der Waals surface area (Å²) in [6, 6.07) is 17.5. The van der Waals surface area contributed by atoms with Crippen LogP contribution in [-0.4, -0.2) is 46.7 Å². The highest BCUT2D eigenvalue weighted by Crippen LogP contribution is 2.20. The number of carbonyl (C=O) groups excluding carboxylic acids is 1. The van der Waals surface area contributed by atoms with Crippen LogP contribution in [0.3, 0.4) is 0 Å². The highest BCUT2D eigenvalue weighted by molar-refractivity contribution is 7.99. The van der Waals surface area contributed by atoms with E-state index in [1.807, 2.05) is 54.0 Å². The molecule has 158 valence electrons. The van der Waals surface area contributed by atoms with Crippen molar-refractivity contribution < 1.29 is 14.3 Å². The number of hydrogen-bond acceptors (Lipinski definition) is 6. The van der Waals surface area contributed by atoms with Crippen LogP contribution in [0.5, 0.6) is 5.75 Å². The molecule has 1 heterocycles. The third-order valence-electron chi connectivity index (χ3n) is 4.30. The van der Waals surface area contributed by atoms with Crippen molar-refractivity contribution in [2.24, 2.45) is 0 Å². The predicted octanol–water partition coefficient (Wildman–Crippen LogP) is 3.64. The van der Waals surface area contributed by atoms with E-state index in [1.165, 1.54) is 11.8 Å². The van der Waals surface area contributed by atoms with Crippen molar-refractivity contribution in [1.29, 1.82) is 0 Å². The van der Waals surface area contributed by atoms with E-state index in [9.17, 15) is 4.79 Å². The number of amides is 1. The van der Waals surface area contributed by atoms with Crippen LogP contribution >= 0.6 is 11.8 Å². The minimum Gasteiger partial charge on any atom is -0.494 e. The Balaban J connectivity index is 1.61. The number of nitrogens with one attached hydrogen (secondary N) is 1. The number of anilines is 1. The molecule has 0 bridgehead atoms. The quantitative estimate of drug-likeness (QED) is 0.472. The fourth-order valence-electron chi connectivity index (χ4n) is 2.87. The molecular formula is C22H26N4O3S. The summed E-state index contributed by atoms with van der Waals surface area (Å²) in [5, 5.41) is 12.2. The van der Waals surface area contributed by atoms with Gasteiger partial charge in [0.05, 0.1) is 19.0 Å².